The van der Waals surface area contributed by atoms with E-state index in [1.807, 2.05) is 26.0 Å². The predicted octanol–water partition coefficient (Wildman–Crippen LogP) is 2.95. The standard InChI is InChI=1S/C11H16OS/c1-9(2)12-11-5-3-4-10(8-11)6-7-13/h3-5,8-9,13H,6-7H2,1-2H3. The van der Waals surface area contributed by atoms with Gasteiger partial charge in [0, 0.05) is 0 Å². The van der Waals surface area contributed by atoms with Crippen LogP contribution >= 0.6 is 12.6 Å². The van der Waals surface area contributed by atoms with Gasteiger partial charge in [0.2, 0.25) is 0 Å². The minimum atomic E-state index is 0.242. The van der Waals surface area contributed by atoms with Crippen molar-refractivity contribution in [2.24, 2.45) is 0 Å². The van der Waals surface area contributed by atoms with Crippen LogP contribution in [0.25, 0.3) is 0 Å². The second-order valence-corrected chi connectivity index (χ2v) is 3.73. The fraction of sp³-hybridized carbons (Fsp3) is 0.455. The molecule has 1 nitrogen and oxygen atoms in total. The highest BCUT2D eigenvalue weighted by atomic mass is 32.1. The molecule has 0 amide bonds. The van der Waals surface area contributed by atoms with E-state index >= 15 is 0 Å². The van der Waals surface area contributed by atoms with E-state index in [9.17, 15) is 0 Å². The topological polar surface area (TPSA) is 9.23 Å². The predicted molar refractivity (Wildman–Crippen MR) is 59.8 cm³/mol. The summed E-state index contributed by atoms with van der Waals surface area (Å²) in [6, 6.07) is 8.19. The maximum atomic E-state index is 5.58. The maximum Gasteiger partial charge on any atom is 0.119 e. The zero-order chi connectivity index (χ0) is 9.68. The lowest BCUT2D eigenvalue weighted by Crippen LogP contribution is -2.05. The Bertz CT molecular complexity index is 258. The third-order valence-electron chi connectivity index (χ3n) is 1.67. The minimum Gasteiger partial charge on any atom is -0.491 e. The molecule has 1 aromatic rings. The lowest BCUT2D eigenvalue weighted by atomic mass is 10.2. The first-order valence-electron chi connectivity index (χ1n) is 4.59. The van der Waals surface area contributed by atoms with Crippen molar-refractivity contribution in [1.29, 1.82) is 0 Å². The molecule has 13 heavy (non-hydrogen) atoms. The molecule has 0 aliphatic heterocycles. The van der Waals surface area contributed by atoms with Gasteiger partial charge < -0.3 is 4.74 Å². The fourth-order valence-electron chi connectivity index (χ4n) is 1.18. The molecule has 0 aliphatic rings. The van der Waals surface area contributed by atoms with Gasteiger partial charge in [0.05, 0.1) is 6.10 Å². The lowest BCUT2D eigenvalue weighted by Gasteiger charge is -2.10. The van der Waals surface area contributed by atoms with E-state index in [4.69, 9.17) is 4.74 Å². The first-order valence-corrected chi connectivity index (χ1v) is 5.22. The Kier molecular flexibility index (Phi) is 4.16. The van der Waals surface area contributed by atoms with Crippen LogP contribution in [0.4, 0.5) is 0 Å². The summed E-state index contributed by atoms with van der Waals surface area (Å²) in [7, 11) is 0. The van der Waals surface area contributed by atoms with Crippen LogP contribution in [0.2, 0.25) is 0 Å². The summed E-state index contributed by atoms with van der Waals surface area (Å²) in [6.45, 7) is 4.07. The van der Waals surface area contributed by atoms with Gasteiger partial charge in [-0.25, -0.2) is 0 Å². The van der Waals surface area contributed by atoms with Crippen molar-refractivity contribution in [3.05, 3.63) is 29.8 Å². The molecular formula is C11H16OS. The van der Waals surface area contributed by atoms with Crippen LogP contribution < -0.4 is 4.74 Å². The number of hydrogen-bond donors (Lipinski definition) is 1. The molecule has 1 rings (SSSR count). The summed E-state index contributed by atoms with van der Waals surface area (Å²) in [6.07, 6.45) is 1.24. The fourth-order valence-corrected chi connectivity index (χ4v) is 1.43. The van der Waals surface area contributed by atoms with Crippen molar-refractivity contribution < 1.29 is 4.74 Å². The van der Waals surface area contributed by atoms with Gasteiger partial charge in [-0.3, -0.25) is 0 Å². The molecule has 0 aliphatic carbocycles. The molecule has 0 saturated heterocycles. The largest absolute Gasteiger partial charge is 0.491 e. The molecule has 0 fully saturated rings. The van der Waals surface area contributed by atoms with Crippen molar-refractivity contribution in [3.63, 3.8) is 0 Å². The number of thiol groups is 1. The summed E-state index contributed by atoms with van der Waals surface area (Å²) < 4.78 is 5.58. The minimum absolute atomic E-state index is 0.242. The highest BCUT2D eigenvalue weighted by molar-refractivity contribution is 7.80. The van der Waals surface area contributed by atoms with Crippen LogP contribution in [-0.2, 0) is 6.42 Å². The molecule has 0 heterocycles. The number of hydrogen-bond acceptors (Lipinski definition) is 2. The van der Waals surface area contributed by atoms with Crippen molar-refractivity contribution in [2.45, 2.75) is 26.4 Å². The summed E-state index contributed by atoms with van der Waals surface area (Å²) in [5, 5.41) is 0. The number of rotatable bonds is 4. The van der Waals surface area contributed by atoms with Crippen molar-refractivity contribution in [3.8, 4) is 5.75 Å². The molecule has 0 unspecified atom stereocenters. The second-order valence-electron chi connectivity index (χ2n) is 3.29. The van der Waals surface area contributed by atoms with Crippen LogP contribution in [0.3, 0.4) is 0 Å². The maximum absolute atomic E-state index is 5.58. The first-order chi connectivity index (χ1) is 6.22. The molecule has 2 heteroatoms. The number of benzene rings is 1. The molecule has 0 radical (unpaired) electrons. The van der Waals surface area contributed by atoms with Gasteiger partial charge in [-0.2, -0.15) is 12.6 Å². The summed E-state index contributed by atoms with van der Waals surface area (Å²) in [5.41, 5.74) is 1.29. The quantitative estimate of drug-likeness (QED) is 0.728. The zero-order valence-corrected chi connectivity index (χ0v) is 9.05. The van der Waals surface area contributed by atoms with E-state index in [2.05, 4.69) is 24.8 Å². The molecule has 0 aromatic heterocycles. The summed E-state index contributed by atoms with van der Waals surface area (Å²) >= 11 is 4.20. The summed E-state index contributed by atoms with van der Waals surface area (Å²) in [4.78, 5) is 0. The van der Waals surface area contributed by atoms with E-state index in [-0.39, 0.29) is 6.10 Å². The van der Waals surface area contributed by atoms with Gasteiger partial charge >= 0.3 is 0 Å². The van der Waals surface area contributed by atoms with Crippen molar-refractivity contribution in [2.75, 3.05) is 5.75 Å². The molecule has 0 bridgehead atoms. The smallest absolute Gasteiger partial charge is 0.119 e. The van der Waals surface area contributed by atoms with Crippen LogP contribution in [0.15, 0.2) is 24.3 Å². The van der Waals surface area contributed by atoms with Crippen molar-refractivity contribution >= 4 is 12.6 Å². The highest BCUT2D eigenvalue weighted by Crippen LogP contribution is 2.15. The molecular weight excluding hydrogens is 180 g/mol. The van der Waals surface area contributed by atoms with E-state index in [0.29, 0.717) is 0 Å². The molecule has 0 spiro atoms. The van der Waals surface area contributed by atoms with Gasteiger partial charge in [0.15, 0.2) is 0 Å². The third-order valence-corrected chi connectivity index (χ3v) is 1.89. The SMILES string of the molecule is CC(C)Oc1cccc(CCS)c1. The van der Waals surface area contributed by atoms with Crippen LogP contribution in [-0.4, -0.2) is 11.9 Å². The molecule has 0 N–H and O–H groups in total. The Hall–Kier alpha value is -0.630. The Labute approximate surface area is 85.5 Å². The Morgan fingerprint density at radius 2 is 2.15 bits per heavy atom. The van der Waals surface area contributed by atoms with Gasteiger partial charge in [0.25, 0.3) is 0 Å². The summed E-state index contributed by atoms with van der Waals surface area (Å²) in [5.74, 6) is 1.83. The molecule has 72 valence electrons. The number of ether oxygens (including phenoxy) is 1. The Balaban J connectivity index is 2.67. The Morgan fingerprint density at radius 1 is 1.38 bits per heavy atom. The normalized spacial score (nSPS) is 10.5. The monoisotopic (exact) mass is 196 g/mol. The van der Waals surface area contributed by atoms with Crippen LogP contribution in [0.1, 0.15) is 19.4 Å². The third kappa shape index (κ3) is 3.73. The van der Waals surface area contributed by atoms with Crippen molar-refractivity contribution in [1.82, 2.24) is 0 Å². The second kappa shape index (κ2) is 5.18. The van der Waals surface area contributed by atoms with Crippen LogP contribution in [0.5, 0.6) is 5.75 Å². The highest BCUT2D eigenvalue weighted by Gasteiger charge is 1.98. The van der Waals surface area contributed by atoms with Gasteiger partial charge in [0.1, 0.15) is 5.75 Å². The number of aryl methyl sites for hydroxylation is 1. The van der Waals surface area contributed by atoms with Gasteiger partial charge in [-0.1, -0.05) is 12.1 Å². The average molecular weight is 196 g/mol. The molecule has 0 saturated carbocycles. The zero-order valence-electron chi connectivity index (χ0n) is 8.16. The van der Waals surface area contributed by atoms with Gasteiger partial charge in [-0.15, -0.1) is 0 Å². The van der Waals surface area contributed by atoms with E-state index in [0.717, 1.165) is 17.9 Å². The lowest BCUT2D eigenvalue weighted by molar-refractivity contribution is 0.242. The first kappa shape index (κ1) is 10.5. The molecule has 0 atom stereocenters. The molecule has 1 aromatic carbocycles. The van der Waals surface area contributed by atoms with E-state index in [1.54, 1.807) is 0 Å². The van der Waals surface area contributed by atoms with Crippen LogP contribution in [0, 0.1) is 0 Å². The van der Waals surface area contributed by atoms with Gasteiger partial charge in [-0.05, 0) is 43.7 Å². The van der Waals surface area contributed by atoms with E-state index < -0.39 is 0 Å². The average Bonchev–Trinajstić information content (AvgIpc) is 2.04. The van der Waals surface area contributed by atoms with E-state index in [1.165, 1.54) is 5.56 Å². The Morgan fingerprint density at radius 3 is 2.77 bits per heavy atom.